The van der Waals surface area contributed by atoms with Gasteiger partial charge >= 0.3 is 0 Å². The van der Waals surface area contributed by atoms with Crippen molar-refractivity contribution in [3.8, 4) is 5.75 Å². The smallest absolute Gasteiger partial charge is 0.242 e. The molecule has 1 rings (SSSR count). The van der Waals surface area contributed by atoms with Crippen LogP contribution < -0.4 is 10.2 Å². The van der Waals surface area contributed by atoms with Gasteiger partial charge in [0.25, 0.3) is 0 Å². The molecule has 0 saturated heterocycles. The van der Waals surface area contributed by atoms with E-state index < -0.39 is 8.32 Å². The van der Waals surface area contributed by atoms with Crippen molar-refractivity contribution in [1.82, 2.24) is 0 Å². The Balaban J connectivity index is 0.00000196. The highest BCUT2D eigenvalue weighted by molar-refractivity contribution is 6.70. The summed E-state index contributed by atoms with van der Waals surface area (Å²) in [6.07, 6.45) is 0. The van der Waals surface area contributed by atoms with Crippen LogP contribution in [0.25, 0.3) is 0 Å². The van der Waals surface area contributed by atoms with Gasteiger partial charge in [0, 0.05) is 6.04 Å². The summed E-state index contributed by atoms with van der Waals surface area (Å²) in [7, 11) is -1.47. The normalized spacial score (nSPS) is 12.9. The van der Waals surface area contributed by atoms with E-state index in [1.807, 2.05) is 31.2 Å². The van der Waals surface area contributed by atoms with Crippen LogP contribution >= 0.6 is 12.4 Å². The van der Waals surface area contributed by atoms with Crippen molar-refractivity contribution in [2.45, 2.75) is 32.6 Å². The molecule has 0 bridgehead atoms. The molecule has 2 nitrogen and oxygen atoms in total. The molecule has 4 heteroatoms. The average Bonchev–Trinajstić information content (AvgIpc) is 2.02. The molecule has 0 amide bonds. The Bertz CT molecular complexity index is 292. The molecule has 2 N–H and O–H groups in total. The van der Waals surface area contributed by atoms with Gasteiger partial charge in [0.05, 0.1) is 0 Å². The highest BCUT2D eigenvalue weighted by atomic mass is 35.5. The first-order valence-corrected chi connectivity index (χ1v) is 8.34. The third-order valence-corrected chi connectivity index (χ3v) is 2.68. The maximum absolute atomic E-state index is 5.83. The molecule has 86 valence electrons. The Morgan fingerprint density at radius 3 is 1.93 bits per heavy atom. The van der Waals surface area contributed by atoms with Gasteiger partial charge in [-0.25, -0.2) is 0 Å². The van der Waals surface area contributed by atoms with E-state index in [2.05, 4.69) is 19.6 Å². The van der Waals surface area contributed by atoms with E-state index in [0.717, 1.165) is 11.3 Å². The standard InChI is InChI=1S/C11H19NOSi.ClH/c1-9(12)10-5-7-11(8-6-10)13-14(2,3)4;/h5-9H,12H2,1-4H3;1H/t9-;/m0./s1. The van der Waals surface area contributed by atoms with Crippen molar-refractivity contribution in [3.05, 3.63) is 29.8 Å². The summed E-state index contributed by atoms with van der Waals surface area (Å²) in [5.41, 5.74) is 6.91. The second-order valence-corrected chi connectivity index (χ2v) is 9.00. The maximum Gasteiger partial charge on any atom is 0.242 e. The van der Waals surface area contributed by atoms with Crippen LogP contribution in [0.4, 0.5) is 0 Å². The van der Waals surface area contributed by atoms with Gasteiger partial charge in [0.1, 0.15) is 5.75 Å². The van der Waals surface area contributed by atoms with E-state index >= 15 is 0 Å². The van der Waals surface area contributed by atoms with Gasteiger partial charge in [-0.05, 0) is 44.3 Å². The molecule has 0 fully saturated rings. The quantitative estimate of drug-likeness (QED) is 0.829. The summed E-state index contributed by atoms with van der Waals surface area (Å²) < 4.78 is 5.83. The minimum absolute atomic E-state index is 0. The number of hydrogen-bond donors (Lipinski definition) is 1. The van der Waals surface area contributed by atoms with Crippen LogP contribution in [-0.2, 0) is 0 Å². The third kappa shape index (κ3) is 5.21. The molecule has 0 aliphatic rings. The number of halogens is 1. The molecule has 1 atom stereocenters. The summed E-state index contributed by atoms with van der Waals surface area (Å²) in [6, 6.07) is 8.14. The van der Waals surface area contributed by atoms with Crippen LogP contribution in [0.2, 0.25) is 19.6 Å². The summed E-state index contributed by atoms with van der Waals surface area (Å²) >= 11 is 0. The monoisotopic (exact) mass is 245 g/mol. The molecule has 15 heavy (non-hydrogen) atoms. The lowest BCUT2D eigenvalue weighted by atomic mass is 10.1. The van der Waals surface area contributed by atoms with Gasteiger partial charge in [-0.3, -0.25) is 0 Å². The summed E-state index contributed by atoms with van der Waals surface area (Å²) in [6.45, 7) is 8.50. The zero-order valence-corrected chi connectivity index (χ0v) is 11.6. The Kier molecular flexibility index (Phi) is 5.35. The molecule has 0 radical (unpaired) electrons. The van der Waals surface area contributed by atoms with Crippen molar-refractivity contribution in [2.75, 3.05) is 0 Å². The molecular formula is C11H20ClNOSi. The van der Waals surface area contributed by atoms with Crippen LogP contribution in [0.3, 0.4) is 0 Å². The van der Waals surface area contributed by atoms with Gasteiger partial charge < -0.3 is 10.2 Å². The fourth-order valence-corrected chi connectivity index (χ4v) is 2.04. The Labute approximate surface area is 99.4 Å². The molecule has 0 aromatic heterocycles. The van der Waals surface area contributed by atoms with Crippen molar-refractivity contribution >= 4 is 20.7 Å². The lowest BCUT2D eigenvalue weighted by Gasteiger charge is -2.19. The number of rotatable bonds is 3. The molecule has 1 aromatic carbocycles. The van der Waals surface area contributed by atoms with Crippen molar-refractivity contribution in [3.63, 3.8) is 0 Å². The summed E-state index contributed by atoms with van der Waals surface area (Å²) in [4.78, 5) is 0. The number of benzene rings is 1. The average molecular weight is 246 g/mol. The molecule has 0 aliphatic heterocycles. The molecule has 0 saturated carbocycles. The minimum Gasteiger partial charge on any atom is -0.544 e. The fourth-order valence-electron chi connectivity index (χ4n) is 1.19. The second-order valence-electron chi connectivity index (χ2n) is 4.57. The van der Waals surface area contributed by atoms with Crippen molar-refractivity contribution < 1.29 is 4.43 Å². The van der Waals surface area contributed by atoms with E-state index in [1.54, 1.807) is 0 Å². The first-order valence-electron chi connectivity index (χ1n) is 4.93. The van der Waals surface area contributed by atoms with Crippen molar-refractivity contribution in [1.29, 1.82) is 0 Å². The largest absolute Gasteiger partial charge is 0.544 e. The first kappa shape index (κ1) is 14.5. The number of hydrogen-bond acceptors (Lipinski definition) is 2. The van der Waals surface area contributed by atoms with Crippen LogP contribution in [0, 0.1) is 0 Å². The van der Waals surface area contributed by atoms with Crippen LogP contribution in [0.15, 0.2) is 24.3 Å². The molecule has 0 spiro atoms. The van der Waals surface area contributed by atoms with E-state index in [4.69, 9.17) is 10.2 Å². The Morgan fingerprint density at radius 1 is 1.13 bits per heavy atom. The first-order chi connectivity index (χ1) is 6.38. The molecule has 0 heterocycles. The molecule has 0 unspecified atom stereocenters. The van der Waals surface area contributed by atoms with Crippen LogP contribution in [0.5, 0.6) is 5.75 Å². The Morgan fingerprint density at radius 2 is 1.60 bits per heavy atom. The molecule has 0 aliphatic carbocycles. The lowest BCUT2D eigenvalue weighted by molar-refractivity contribution is 0.557. The second kappa shape index (κ2) is 5.54. The molecular weight excluding hydrogens is 226 g/mol. The topological polar surface area (TPSA) is 35.2 Å². The summed E-state index contributed by atoms with van der Waals surface area (Å²) in [5.74, 6) is 0.952. The van der Waals surface area contributed by atoms with Crippen LogP contribution in [0.1, 0.15) is 18.5 Å². The van der Waals surface area contributed by atoms with Gasteiger partial charge in [-0.2, -0.15) is 0 Å². The van der Waals surface area contributed by atoms with Crippen LogP contribution in [-0.4, -0.2) is 8.32 Å². The van der Waals surface area contributed by atoms with E-state index in [0.29, 0.717) is 0 Å². The highest BCUT2D eigenvalue weighted by Crippen LogP contribution is 2.19. The van der Waals surface area contributed by atoms with Crippen molar-refractivity contribution in [2.24, 2.45) is 5.73 Å². The van der Waals surface area contributed by atoms with Gasteiger partial charge in [-0.1, -0.05) is 12.1 Å². The number of nitrogens with two attached hydrogens (primary N) is 1. The fraction of sp³-hybridized carbons (Fsp3) is 0.455. The highest BCUT2D eigenvalue weighted by Gasteiger charge is 2.15. The molecule has 1 aromatic rings. The zero-order valence-electron chi connectivity index (χ0n) is 9.78. The van der Waals surface area contributed by atoms with Gasteiger partial charge in [0.2, 0.25) is 8.32 Å². The van der Waals surface area contributed by atoms with Gasteiger partial charge in [-0.15, -0.1) is 12.4 Å². The Hall–Kier alpha value is -0.513. The van der Waals surface area contributed by atoms with E-state index in [-0.39, 0.29) is 18.4 Å². The predicted octanol–water partition coefficient (Wildman–Crippen LogP) is 3.34. The lowest BCUT2D eigenvalue weighted by Crippen LogP contribution is -2.29. The predicted molar refractivity (Wildman–Crippen MR) is 70.3 cm³/mol. The minimum atomic E-state index is -1.47. The third-order valence-electron chi connectivity index (χ3n) is 1.83. The van der Waals surface area contributed by atoms with E-state index in [1.165, 1.54) is 0 Å². The maximum atomic E-state index is 5.83. The SMILES string of the molecule is C[C@H](N)c1ccc(O[Si](C)(C)C)cc1.Cl. The van der Waals surface area contributed by atoms with Gasteiger partial charge in [0.15, 0.2) is 0 Å². The van der Waals surface area contributed by atoms with E-state index in [9.17, 15) is 0 Å². The zero-order chi connectivity index (χ0) is 10.8. The summed E-state index contributed by atoms with van der Waals surface area (Å²) in [5, 5.41) is 0.